The number of halogens is 1. The summed E-state index contributed by atoms with van der Waals surface area (Å²) in [6.45, 7) is 1.68. The number of nitrogens with zero attached hydrogens (tertiary/aromatic N) is 1. The lowest BCUT2D eigenvalue weighted by atomic mass is 10.2. The predicted molar refractivity (Wildman–Crippen MR) is 73.3 cm³/mol. The van der Waals surface area contributed by atoms with E-state index < -0.39 is 5.97 Å². The molecule has 0 spiro atoms. The molecule has 18 heavy (non-hydrogen) atoms. The van der Waals surface area contributed by atoms with E-state index in [1.54, 1.807) is 6.07 Å². The van der Waals surface area contributed by atoms with Crippen LogP contribution in [-0.2, 0) is 4.74 Å². The van der Waals surface area contributed by atoms with E-state index in [9.17, 15) is 4.79 Å². The molecule has 0 bridgehead atoms. The van der Waals surface area contributed by atoms with E-state index in [1.165, 1.54) is 0 Å². The van der Waals surface area contributed by atoms with Crippen LogP contribution in [0.2, 0.25) is 0 Å². The predicted octanol–water partition coefficient (Wildman–Crippen LogP) is 2.76. The molecular weight excluding hydrogens is 298 g/mol. The quantitative estimate of drug-likeness (QED) is 0.928. The summed E-state index contributed by atoms with van der Waals surface area (Å²) in [7, 11) is 1.99. The van der Waals surface area contributed by atoms with Crippen LogP contribution in [0.25, 0.3) is 0 Å². The maximum absolute atomic E-state index is 10.9. The summed E-state index contributed by atoms with van der Waals surface area (Å²) in [5.74, 6) is -0.921. The third-order valence-electron chi connectivity index (χ3n) is 3.13. The Morgan fingerprint density at radius 1 is 1.61 bits per heavy atom. The van der Waals surface area contributed by atoms with Gasteiger partial charge in [0.1, 0.15) is 0 Å². The molecule has 1 fully saturated rings. The lowest BCUT2D eigenvalue weighted by Gasteiger charge is -2.23. The number of carbonyl (C=O) groups is 1. The van der Waals surface area contributed by atoms with Gasteiger partial charge in [-0.15, -0.1) is 0 Å². The molecule has 0 aliphatic carbocycles. The smallest absolute Gasteiger partial charge is 0.336 e. The number of carboxylic acids is 1. The average Bonchev–Trinajstić information content (AvgIpc) is 2.81. The van der Waals surface area contributed by atoms with Crippen LogP contribution in [0.5, 0.6) is 0 Å². The monoisotopic (exact) mass is 313 g/mol. The van der Waals surface area contributed by atoms with Crippen molar-refractivity contribution in [3.63, 3.8) is 0 Å². The van der Waals surface area contributed by atoms with Crippen LogP contribution >= 0.6 is 15.9 Å². The van der Waals surface area contributed by atoms with Crippen LogP contribution in [-0.4, -0.2) is 37.4 Å². The van der Waals surface area contributed by atoms with Gasteiger partial charge in [0.2, 0.25) is 0 Å². The van der Waals surface area contributed by atoms with Crippen molar-refractivity contribution in [2.75, 3.05) is 25.1 Å². The highest BCUT2D eigenvalue weighted by Crippen LogP contribution is 2.24. The van der Waals surface area contributed by atoms with Crippen LogP contribution in [0.15, 0.2) is 22.7 Å². The summed E-state index contributed by atoms with van der Waals surface area (Å²) >= 11 is 3.29. The van der Waals surface area contributed by atoms with Crippen molar-refractivity contribution in [2.45, 2.75) is 18.9 Å². The van der Waals surface area contributed by atoms with Gasteiger partial charge in [0, 0.05) is 30.4 Å². The Hall–Kier alpha value is -1.07. The molecule has 1 atom stereocenters. The molecule has 0 aromatic heterocycles. The Bertz CT molecular complexity index is 444. The minimum atomic E-state index is -0.921. The number of hydrogen-bond donors (Lipinski definition) is 1. The standard InChI is InChI=1S/C13H16BrNO3/c1-15(8-10-3-2-6-18-10)9-4-5-11(13(16)17)12(14)7-9/h4-5,7,10H,2-3,6,8H2,1H3,(H,16,17). The summed E-state index contributed by atoms with van der Waals surface area (Å²) in [6.07, 6.45) is 2.51. The summed E-state index contributed by atoms with van der Waals surface area (Å²) < 4.78 is 6.19. The maximum atomic E-state index is 10.9. The average molecular weight is 314 g/mol. The number of hydrogen-bond acceptors (Lipinski definition) is 3. The van der Waals surface area contributed by atoms with E-state index in [4.69, 9.17) is 9.84 Å². The van der Waals surface area contributed by atoms with E-state index in [2.05, 4.69) is 20.8 Å². The highest BCUT2D eigenvalue weighted by Gasteiger charge is 2.18. The molecule has 1 aliphatic heterocycles. The Labute approximate surface area is 115 Å². The second kappa shape index (κ2) is 5.71. The molecule has 0 radical (unpaired) electrons. The van der Waals surface area contributed by atoms with Gasteiger partial charge in [-0.2, -0.15) is 0 Å². The van der Waals surface area contributed by atoms with Crippen molar-refractivity contribution in [1.82, 2.24) is 0 Å². The van der Waals surface area contributed by atoms with Crippen molar-refractivity contribution >= 4 is 27.6 Å². The zero-order chi connectivity index (χ0) is 13.1. The molecule has 4 nitrogen and oxygen atoms in total. The van der Waals surface area contributed by atoms with Gasteiger partial charge in [0.15, 0.2) is 0 Å². The number of carboxylic acid groups (broad SMARTS) is 1. The Morgan fingerprint density at radius 2 is 2.39 bits per heavy atom. The van der Waals surface area contributed by atoms with Gasteiger partial charge >= 0.3 is 5.97 Å². The first-order valence-corrected chi connectivity index (χ1v) is 6.73. The SMILES string of the molecule is CN(CC1CCCO1)c1ccc(C(=O)O)c(Br)c1. The van der Waals surface area contributed by atoms with Crippen LogP contribution in [0.3, 0.4) is 0 Å². The second-order valence-corrected chi connectivity index (χ2v) is 5.34. The Morgan fingerprint density at radius 3 is 2.94 bits per heavy atom. The Balaban J connectivity index is 2.08. The van der Waals surface area contributed by atoms with Crippen LogP contribution in [0.1, 0.15) is 23.2 Å². The first-order chi connectivity index (χ1) is 8.58. The zero-order valence-corrected chi connectivity index (χ0v) is 11.8. The first kappa shape index (κ1) is 13.4. The molecule has 5 heteroatoms. The van der Waals surface area contributed by atoms with Crippen LogP contribution in [0, 0.1) is 0 Å². The molecule has 1 unspecified atom stereocenters. The van der Waals surface area contributed by atoms with Crippen LogP contribution in [0.4, 0.5) is 5.69 Å². The van der Waals surface area contributed by atoms with Gasteiger partial charge in [-0.3, -0.25) is 0 Å². The highest BCUT2D eigenvalue weighted by molar-refractivity contribution is 9.10. The molecule has 98 valence electrons. The molecule has 1 aliphatic rings. The minimum absolute atomic E-state index is 0.282. The zero-order valence-electron chi connectivity index (χ0n) is 10.2. The van der Waals surface area contributed by atoms with E-state index >= 15 is 0 Å². The number of aromatic carboxylic acids is 1. The fraction of sp³-hybridized carbons (Fsp3) is 0.462. The van der Waals surface area contributed by atoms with Crippen molar-refractivity contribution in [3.8, 4) is 0 Å². The third kappa shape index (κ3) is 3.03. The van der Waals surface area contributed by atoms with E-state index in [0.717, 1.165) is 31.7 Å². The van der Waals surface area contributed by atoms with Gasteiger partial charge in [-0.25, -0.2) is 4.79 Å². The number of ether oxygens (including phenoxy) is 1. The largest absolute Gasteiger partial charge is 0.478 e. The fourth-order valence-corrected chi connectivity index (χ4v) is 2.65. The maximum Gasteiger partial charge on any atom is 0.336 e. The minimum Gasteiger partial charge on any atom is -0.478 e. The van der Waals surface area contributed by atoms with Gasteiger partial charge in [-0.1, -0.05) is 0 Å². The summed E-state index contributed by atoms with van der Waals surface area (Å²) in [6, 6.07) is 5.27. The van der Waals surface area contributed by atoms with Gasteiger partial charge in [-0.05, 0) is 47.0 Å². The molecule has 1 aromatic carbocycles. The fourth-order valence-electron chi connectivity index (χ4n) is 2.11. The molecule has 0 amide bonds. The number of benzene rings is 1. The van der Waals surface area contributed by atoms with E-state index in [0.29, 0.717) is 4.47 Å². The van der Waals surface area contributed by atoms with E-state index in [1.807, 2.05) is 19.2 Å². The van der Waals surface area contributed by atoms with Gasteiger partial charge < -0.3 is 14.7 Å². The van der Waals surface area contributed by atoms with Crippen molar-refractivity contribution in [2.24, 2.45) is 0 Å². The lowest BCUT2D eigenvalue weighted by Crippen LogP contribution is -2.28. The molecule has 1 N–H and O–H groups in total. The second-order valence-electron chi connectivity index (χ2n) is 4.48. The van der Waals surface area contributed by atoms with E-state index in [-0.39, 0.29) is 11.7 Å². The molecule has 2 rings (SSSR count). The highest BCUT2D eigenvalue weighted by atomic mass is 79.9. The van der Waals surface area contributed by atoms with Crippen molar-refractivity contribution in [1.29, 1.82) is 0 Å². The molecule has 1 heterocycles. The molecule has 1 saturated heterocycles. The van der Waals surface area contributed by atoms with Crippen LogP contribution < -0.4 is 4.90 Å². The third-order valence-corrected chi connectivity index (χ3v) is 3.78. The number of rotatable bonds is 4. The normalized spacial score (nSPS) is 18.9. The molecular formula is C13H16BrNO3. The number of likely N-dealkylation sites (N-methyl/N-ethyl adjacent to an activating group) is 1. The molecule has 1 aromatic rings. The summed E-state index contributed by atoms with van der Waals surface area (Å²) in [5.41, 5.74) is 1.27. The molecule has 0 saturated carbocycles. The lowest BCUT2D eigenvalue weighted by molar-refractivity contribution is 0.0696. The first-order valence-electron chi connectivity index (χ1n) is 5.93. The van der Waals surface area contributed by atoms with Crippen molar-refractivity contribution < 1.29 is 14.6 Å². The van der Waals surface area contributed by atoms with Crippen molar-refractivity contribution in [3.05, 3.63) is 28.2 Å². The van der Waals surface area contributed by atoms with Gasteiger partial charge in [0.05, 0.1) is 11.7 Å². The summed E-state index contributed by atoms with van der Waals surface area (Å²) in [4.78, 5) is 13.0. The van der Waals surface area contributed by atoms with Gasteiger partial charge in [0.25, 0.3) is 0 Å². The summed E-state index contributed by atoms with van der Waals surface area (Å²) in [5, 5.41) is 8.96. The topological polar surface area (TPSA) is 49.8 Å². The number of anilines is 1. The Kier molecular flexibility index (Phi) is 4.24.